The van der Waals surface area contributed by atoms with Gasteiger partial charge in [0.15, 0.2) is 0 Å². The molecular formula is C20H27N3O2. The molecule has 1 aromatic heterocycles. The molecule has 0 saturated heterocycles. The van der Waals surface area contributed by atoms with Gasteiger partial charge in [-0.3, -0.25) is 9.48 Å². The van der Waals surface area contributed by atoms with Crippen LogP contribution in [0, 0.1) is 13.8 Å². The fourth-order valence-electron chi connectivity index (χ4n) is 2.87. The molecule has 1 heterocycles. The highest BCUT2D eigenvalue weighted by molar-refractivity contribution is 5.88. The van der Waals surface area contributed by atoms with Crippen molar-refractivity contribution in [1.82, 2.24) is 15.1 Å². The molecule has 0 spiro atoms. The zero-order valence-corrected chi connectivity index (χ0v) is 15.7. The highest BCUT2D eigenvalue weighted by Crippen LogP contribution is 2.20. The highest BCUT2D eigenvalue weighted by atomic mass is 16.5. The van der Waals surface area contributed by atoms with Gasteiger partial charge in [0.1, 0.15) is 5.75 Å². The standard InChI is InChI=1S/C20H27N3O2/c1-14(10-18-8-6-7-9-19(18)25-5)11-20(24)21-16(3)13-23-17(4)12-15(2)22-23/h6-9,11-12,16H,10,13H2,1-5H3,(H,21,24). The Kier molecular flexibility index (Phi) is 6.39. The number of methoxy groups -OCH3 is 1. The smallest absolute Gasteiger partial charge is 0.244 e. The molecule has 1 amide bonds. The number of nitrogens with one attached hydrogen (secondary N) is 1. The molecule has 5 nitrogen and oxygen atoms in total. The second kappa shape index (κ2) is 8.51. The molecule has 1 atom stereocenters. The molecule has 0 aliphatic rings. The van der Waals surface area contributed by atoms with E-state index in [2.05, 4.69) is 10.4 Å². The number of nitrogens with zero attached hydrogens (tertiary/aromatic N) is 2. The maximum absolute atomic E-state index is 12.2. The molecule has 1 N–H and O–H groups in total. The highest BCUT2D eigenvalue weighted by Gasteiger charge is 2.10. The van der Waals surface area contributed by atoms with Crippen molar-refractivity contribution in [3.63, 3.8) is 0 Å². The predicted octanol–water partition coefficient (Wildman–Crippen LogP) is 3.20. The maximum Gasteiger partial charge on any atom is 0.244 e. The van der Waals surface area contributed by atoms with E-state index in [0.29, 0.717) is 13.0 Å². The number of amides is 1. The fourth-order valence-corrected chi connectivity index (χ4v) is 2.87. The number of aryl methyl sites for hydroxylation is 2. The first-order valence-electron chi connectivity index (χ1n) is 8.49. The molecule has 0 fully saturated rings. The lowest BCUT2D eigenvalue weighted by Crippen LogP contribution is -2.35. The van der Waals surface area contributed by atoms with Crippen LogP contribution in [-0.4, -0.2) is 28.8 Å². The number of aromatic nitrogens is 2. The van der Waals surface area contributed by atoms with Crippen LogP contribution in [0.2, 0.25) is 0 Å². The molecule has 0 bridgehead atoms. The number of hydrogen-bond donors (Lipinski definition) is 1. The zero-order chi connectivity index (χ0) is 18.4. The minimum Gasteiger partial charge on any atom is -0.496 e. The Bertz CT molecular complexity index is 762. The zero-order valence-electron chi connectivity index (χ0n) is 15.7. The molecule has 0 aliphatic carbocycles. The Hall–Kier alpha value is -2.56. The number of rotatable bonds is 7. The third-order valence-corrected chi connectivity index (χ3v) is 3.98. The van der Waals surface area contributed by atoms with Crippen LogP contribution < -0.4 is 10.1 Å². The van der Waals surface area contributed by atoms with Crippen molar-refractivity contribution in [2.24, 2.45) is 0 Å². The minimum atomic E-state index is -0.0820. The van der Waals surface area contributed by atoms with Crippen LogP contribution >= 0.6 is 0 Å². The van der Waals surface area contributed by atoms with Crippen molar-refractivity contribution in [2.75, 3.05) is 7.11 Å². The van der Waals surface area contributed by atoms with Crippen molar-refractivity contribution in [3.8, 4) is 5.75 Å². The van der Waals surface area contributed by atoms with Gasteiger partial charge in [0.25, 0.3) is 0 Å². The first-order valence-corrected chi connectivity index (χ1v) is 8.49. The van der Waals surface area contributed by atoms with E-state index in [1.54, 1.807) is 13.2 Å². The van der Waals surface area contributed by atoms with Gasteiger partial charge in [-0.2, -0.15) is 5.10 Å². The van der Waals surface area contributed by atoms with Crippen LogP contribution in [0.1, 0.15) is 30.8 Å². The van der Waals surface area contributed by atoms with Crippen LogP contribution in [0.5, 0.6) is 5.75 Å². The molecule has 0 radical (unpaired) electrons. The van der Waals surface area contributed by atoms with Crippen LogP contribution in [0.4, 0.5) is 0 Å². The lowest BCUT2D eigenvalue weighted by molar-refractivity contribution is -0.117. The summed E-state index contributed by atoms with van der Waals surface area (Å²) in [5.74, 6) is 0.759. The van der Waals surface area contributed by atoms with E-state index in [9.17, 15) is 4.79 Å². The molecule has 2 aromatic rings. The van der Waals surface area contributed by atoms with Gasteiger partial charge in [-0.25, -0.2) is 0 Å². The molecular weight excluding hydrogens is 314 g/mol. The summed E-state index contributed by atoms with van der Waals surface area (Å²) in [5.41, 5.74) is 4.15. The first-order chi connectivity index (χ1) is 11.9. The van der Waals surface area contributed by atoms with E-state index in [-0.39, 0.29) is 11.9 Å². The number of hydrogen-bond acceptors (Lipinski definition) is 3. The van der Waals surface area contributed by atoms with Gasteiger partial charge in [0.2, 0.25) is 5.91 Å². The van der Waals surface area contributed by atoms with Crippen LogP contribution in [0.3, 0.4) is 0 Å². The second-order valence-electron chi connectivity index (χ2n) is 6.50. The van der Waals surface area contributed by atoms with E-state index in [1.807, 2.05) is 62.7 Å². The lowest BCUT2D eigenvalue weighted by atomic mass is 10.0. The summed E-state index contributed by atoms with van der Waals surface area (Å²) < 4.78 is 7.28. The second-order valence-corrected chi connectivity index (χ2v) is 6.50. The van der Waals surface area contributed by atoms with Gasteiger partial charge < -0.3 is 10.1 Å². The number of carbonyl (C=O) groups excluding carboxylic acids is 1. The quantitative estimate of drug-likeness (QED) is 0.787. The summed E-state index contributed by atoms with van der Waals surface area (Å²) in [6.45, 7) is 8.59. The summed E-state index contributed by atoms with van der Waals surface area (Å²) in [4.78, 5) is 12.2. The van der Waals surface area contributed by atoms with Gasteiger partial charge in [0, 0.05) is 17.8 Å². The fraction of sp³-hybridized carbons (Fsp3) is 0.400. The third-order valence-electron chi connectivity index (χ3n) is 3.98. The van der Waals surface area contributed by atoms with E-state index < -0.39 is 0 Å². The van der Waals surface area contributed by atoms with Gasteiger partial charge in [-0.1, -0.05) is 23.8 Å². The Morgan fingerprint density at radius 3 is 2.72 bits per heavy atom. The first kappa shape index (κ1) is 18.8. The van der Waals surface area contributed by atoms with Gasteiger partial charge in [0.05, 0.1) is 19.3 Å². The molecule has 1 aromatic carbocycles. The molecule has 0 saturated carbocycles. The van der Waals surface area contributed by atoms with E-state index in [0.717, 1.165) is 28.3 Å². The average Bonchev–Trinajstić information content (AvgIpc) is 2.84. The minimum absolute atomic E-state index is 0.000751. The van der Waals surface area contributed by atoms with Crippen LogP contribution in [-0.2, 0) is 17.8 Å². The van der Waals surface area contributed by atoms with Crippen molar-refractivity contribution in [3.05, 3.63) is 58.9 Å². The van der Waals surface area contributed by atoms with Gasteiger partial charge in [-0.15, -0.1) is 0 Å². The van der Waals surface area contributed by atoms with Gasteiger partial charge >= 0.3 is 0 Å². The SMILES string of the molecule is COc1ccccc1CC(C)=CC(=O)NC(C)Cn1nc(C)cc1C. The number of benzene rings is 1. The monoisotopic (exact) mass is 341 g/mol. The third kappa shape index (κ3) is 5.48. The molecule has 25 heavy (non-hydrogen) atoms. The van der Waals surface area contributed by atoms with Crippen LogP contribution in [0.25, 0.3) is 0 Å². The molecule has 2 rings (SSSR count). The van der Waals surface area contributed by atoms with Crippen molar-refractivity contribution >= 4 is 5.91 Å². The number of ether oxygens (including phenoxy) is 1. The summed E-state index contributed by atoms with van der Waals surface area (Å²) >= 11 is 0. The summed E-state index contributed by atoms with van der Waals surface area (Å²) in [6.07, 6.45) is 2.34. The largest absolute Gasteiger partial charge is 0.496 e. The number of allylic oxidation sites excluding steroid dienone is 1. The summed E-state index contributed by atoms with van der Waals surface area (Å²) in [5, 5.41) is 7.43. The normalized spacial score (nSPS) is 12.8. The Balaban J connectivity index is 1.93. The summed E-state index contributed by atoms with van der Waals surface area (Å²) in [7, 11) is 1.66. The maximum atomic E-state index is 12.2. The van der Waals surface area contributed by atoms with Gasteiger partial charge in [-0.05, 0) is 51.8 Å². The molecule has 5 heteroatoms. The average molecular weight is 341 g/mol. The van der Waals surface area contributed by atoms with E-state index in [1.165, 1.54) is 0 Å². The van der Waals surface area contributed by atoms with Crippen molar-refractivity contribution in [2.45, 2.75) is 46.7 Å². The molecule has 0 aliphatic heterocycles. The lowest BCUT2D eigenvalue weighted by Gasteiger charge is -2.14. The number of carbonyl (C=O) groups is 1. The number of para-hydroxylation sites is 1. The van der Waals surface area contributed by atoms with E-state index in [4.69, 9.17) is 4.74 Å². The van der Waals surface area contributed by atoms with E-state index >= 15 is 0 Å². The van der Waals surface area contributed by atoms with Crippen LogP contribution in [0.15, 0.2) is 42.0 Å². The van der Waals surface area contributed by atoms with Crippen molar-refractivity contribution in [1.29, 1.82) is 0 Å². The summed E-state index contributed by atoms with van der Waals surface area (Å²) in [6, 6.07) is 9.89. The topological polar surface area (TPSA) is 56.1 Å². The Morgan fingerprint density at radius 1 is 1.36 bits per heavy atom. The Morgan fingerprint density at radius 2 is 2.08 bits per heavy atom. The molecule has 1 unspecified atom stereocenters. The Labute approximate surface area is 149 Å². The molecule has 134 valence electrons. The van der Waals surface area contributed by atoms with Crippen molar-refractivity contribution < 1.29 is 9.53 Å². The predicted molar refractivity (Wildman–Crippen MR) is 99.8 cm³/mol.